The highest BCUT2D eigenvalue weighted by Crippen LogP contribution is 2.13. The van der Waals surface area contributed by atoms with E-state index in [1.54, 1.807) is 24.4 Å². The third-order valence-corrected chi connectivity index (χ3v) is 5.12. The minimum atomic E-state index is -0.283. The van der Waals surface area contributed by atoms with Gasteiger partial charge in [0.25, 0.3) is 5.91 Å². The van der Waals surface area contributed by atoms with Gasteiger partial charge in [-0.1, -0.05) is 28.1 Å². The predicted molar refractivity (Wildman–Crippen MR) is 112 cm³/mol. The van der Waals surface area contributed by atoms with Gasteiger partial charge in [-0.2, -0.15) is 0 Å². The summed E-state index contributed by atoms with van der Waals surface area (Å²) in [5, 5.41) is 5.42. The molecule has 148 valence electrons. The fraction of sp³-hybridized carbons (Fsp3) is 0.350. The number of pyridine rings is 1. The second-order valence-corrected chi connectivity index (χ2v) is 7.70. The van der Waals surface area contributed by atoms with E-state index in [9.17, 15) is 9.59 Å². The van der Waals surface area contributed by atoms with Crippen LogP contribution in [0.5, 0.6) is 0 Å². The van der Waals surface area contributed by atoms with Gasteiger partial charge in [0.2, 0.25) is 5.91 Å². The lowest BCUT2D eigenvalue weighted by Crippen LogP contribution is -2.44. The van der Waals surface area contributed by atoms with Crippen molar-refractivity contribution >= 4 is 33.6 Å². The van der Waals surface area contributed by atoms with Crippen LogP contribution in [0, 0.1) is 0 Å². The molecule has 0 atom stereocenters. The van der Waals surface area contributed by atoms with Crippen molar-refractivity contribution in [2.45, 2.75) is 6.54 Å². The summed E-state index contributed by atoms with van der Waals surface area (Å²) in [6.07, 6.45) is 1.79. The van der Waals surface area contributed by atoms with Crippen LogP contribution in [0.4, 0.5) is 5.82 Å². The Labute approximate surface area is 173 Å². The third-order valence-electron chi connectivity index (χ3n) is 4.62. The number of hydrogen-bond donors (Lipinski definition) is 2. The molecule has 0 saturated carbocycles. The SMILES string of the molecule is CN1CCN(c2ccc(CNC(=O)CNC(=O)c3cccc(Br)c3)cn2)CC1. The fourth-order valence-corrected chi connectivity index (χ4v) is 3.30. The molecule has 1 fully saturated rings. The molecule has 0 spiro atoms. The maximum absolute atomic E-state index is 12.1. The number of halogens is 1. The first-order valence-corrected chi connectivity index (χ1v) is 9.99. The summed E-state index contributed by atoms with van der Waals surface area (Å²) in [4.78, 5) is 33.1. The number of carbonyl (C=O) groups excluding carboxylic acids is 2. The van der Waals surface area contributed by atoms with Crippen LogP contribution in [0.25, 0.3) is 0 Å². The van der Waals surface area contributed by atoms with Crippen LogP contribution in [-0.2, 0) is 11.3 Å². The van der Waals surface area contributed by atoms with Crippen LogP contribution in [-0.4, -0.2) is 61.5 Å². The molecule has 28 heavy (non-hydrogen) atoms. The molecule has 1 aromatic heterocycles. The van der Waals surface area contributed by atoms with Crippen LogP contribution in [0.1, 0.15) is 15.9 Å². The number of carbonyl (C=O) groups is 2. The molecule has 7 nitrogen and oxygen atoms in total. The average molecular weight is 446 g/mol. The first-order valence-electron chi connectivity index (χ1n) is 9.20. The maximum Gasteiger partial charge on any atom is 0.251 e. The first-order chi connectivity index (χ1) is 13.5. The Bertz CT molecular complexity index is 820. The van der Waals surface area contributed by atoms with Gasteiger partial charge in [0, 0.05) is 49.0 Å². The number of piperazine rings is 1. The van der Waals surface area contributed by atoms with Gasteiger partial charge < -0.3 is 20.4 Å². The van der Waals surface area contributed by atoms with Gasteiger partial charge in [0.15, 0.2) is 0 Å². The standard InChI is InChI=1S/C20H24BrN5O2/c1-25-7-9-26(10-8-25)18-6-5-15(12-22-18)13-23-19(27)14-24-20(28)16-3-2-4-17(21)11-16/h2-6,11-12H,7-10,13-14H2,1H3,(H,23,27)(H,24,28). The van der Waals surface area contributed by atoms with Crippen molar-refractivity contribution in [3.8, 4) is 0 Å². The molecular formula is C20H24BrN5O2. The van der Waals surface area contributed by atoms with E-state index in [0.717, 1.165) is 42.0 Å². The number of nitrogens with zero attached hydrogens (tertiary/aromatic N) is 3. The topological polar surface area (TPSA) is 77.6 Å². The second-order valence-electron chi connectivity index (χ2n) is 6.78. The summed E-state index contributed by atoms with van der Waals surface area (Å²) in [5.41, 5.74) is 1.43. The summed E-state index contributed by atoms with van der Waals surface area (Å²) in [6.45, 7) is 4.31. The van der Waals surface area contributed by atoms with Crippen molar-refractivity contribution in [3.63, 3.8) is 0 Å². The number of aromatic nitrogens is 1. The van der Waals surface area contributed by atoms with Crippen molar-refractivity contribution in [2.75, 3.05) is 44.7 Å². The first kappa shape index (κ1) is 20.3. The number of nitrogens with one attached hydrogen (secondary N) is 2. The minimum absolute atomic E-state index is 0.0713. The van der Waals surface area contributed by atoms with Crippen molar-refractivity contribution in [3.05, 3.63) is 58.2 Å². The summed E-state index contributed by atoms with van der Waals surface area (Å²) < 4.78 is 0.817. The number of rotatable bonds is 6. The quantitative estimate of drug-likeness (QED) is 0.706. The molecule has 1 aliphatic rings. The van der Waals surface area contributed by atoms with Crippen LogP contribution in [0.2, 0.25) is 0 Å². The van der Waals surface area contributed by atoms with E-state index in [4.69, 9.17) is 0 Å². The molecule has 2 N–H and O–H groups in total. The Morgan fingerprint density at radius 2 is 1.89 bits per heavy atom. The van der Waals surface area contributed by atoms with E-state index in [-0.39, 0.29) is 18.4 Å². The third kappa shape index (κ3) is 5.77. The van der Waals surface area contributed by atoms with E-state index < -0.39 is 0 Å². The van der Waals surface area contributed by atoms with Crippen molar-refractivity contribution in [1.82, 2.24) is 20.5 Å². The Morgan fingerprint density at radius 3 is 2.57 bits per heavy atom. The molecule has 0 bridgehead atoms. The highest BCUT2D eigenvalue weighted by Gasteiger charge is 2.15. The van der Waals surface area contributed by atoms with E-state index in [2.05, 4.69) is 48.4 Å². The molecule has 1 saturated heterocycles. The second kappa shape index (κ2) is 9.66. The molecule has 3 rings (SSSR count). The van der Waals surface area contributed by atoms with E-state index in [0.29, 0.717) is 12.1 Å². The normalized spacial score (nSPS) is 14.6. The lowest BCUT2D eigenvalue weighted by atomic mass is 10.2. The molecule has 0 unspecified atom stereocenters. The largest absolute Gasteiger partial charge is 0.354 e. The summed E-state index contributed by atoms with van der Waals surface area (Å²) in [5.74, 6) is 0.436. The van der Waals surface area contributed by atoms with Crippen molar-refractivity contribution < 1.29 is 9.59 Å². The molecule has 2 heterocycles. The van der Waals surface area contributed by atoms with Gasteiger partial charge in [-0.25, -0.2) is 4.98 Å². The highest BCUT2D eigenvalue weighted by atomic mass is 79.9. The fourth-order valence-electron chi connectivity index (χ4n) is 2.90. The van der Waals surface area contributed by atoms with E-state index in [1.807, 2.05) is 18.2 Å². The summed E-state index contributed by atoms with van der Waals surface area (Å²) in [6, 6.07) is 11.0. The van der Waals surface area contributed by atoms with E-state index >= 15 is 0 Å². The van der Waals surface area contributed by atoms with E-state index in [1.165, 1.54) is 0 Å². The van der Waals surface area contributed by atoms with Crippen LogP contribution in [0.15, 0.2) is 47.1 Å². The summed E-state index contributed by atoms with van der Waals surface area (Å²) in [7, 11) is 2.12. The maximum atomic E-state index is 12.1. The number of anilines is 1. The smallest absolute Gasteiger partial charge is 0.251 e. The number of amides is 2. The Balaban J connectivity index is 1.42. The van der Waals surface area contributed by atoms with Gasteiger partial charge in [-0.05, 0) is 36.9 Å². The molecule has 1 aromatic carbocycles. The van der Waals surface area contributed by atoms with Gasteiger partial charge in [-0.15, -0.1) is 0 Å². The molecular weight excluding hydrogens is 422 g/mol. The average Bonchev–Trinajstić information content (AvgIpc) is 2.71. The molecule has 2 aromatic rings. The molecule has 0 radical (unpaired) electrons. The van der Waals surface area contributed by atoms with Crippen LogP contribution < -0.4 is 15.5 Å². The minimum Gasteiger partial charge on any atom is -0.354 e. The zero-order chi connectivity index (χ0) is 19.9. The summed E-state index contributed by atoms with van der Waals surface area (Å²) >= 11 is 3.32. The van der Waals surface area contributed by atoms with Gasteiger partial charge >= 0.3 is 0 Å². The van der Waals surface area contributed by atoms with Crippen LogP contribution in [0.3, 0.4) is 0 Å². The van der Waals surface area contributed by atoms with Crippen molar-refractivity contribution in [1.29, 1.82) is 0 Å². The highest BCUT2D eigenvalue weighted by molar-refractivity contribution is 9.10. The molecule has 8 heteroatoms. The molecule has 2 amide bonds. The number of benzene rings is 1. The van der Waals surface area contributed by atoms with Crippen LogP contribution >= 0.6 is 15.9 Å². The zero-order valence-electron chi connectivity index (χ0n) is 15.8. The lowest BCUT2D eigenvalue weighted by Gasteiger charge is -2.33. The Morgan fingerprint density at radius 1 is 1.11 bits per heavy atom. The number of hydrogen-bond acceptors (Lipinski definition) is 5. The Kier molecular flexibility index (Phi) is 7.00. The van der Waals surface area contributed by atoms with Crippen molar-refractivity contribution in [2.24, 2.45) is 0 Å². The number of likely N-dealkylation sites (N-methyl/N-ethyl adjacent to an activating group) is 1. The molecule has 0 aliphatic carbocycles. The predicted octanol–water partition coefficient (Wildman–Crippen LogP) is 1.64. The monoisotopic (exact) mass is 445 g/mol. The zero-order valence-corrected chi connectivity index (χ0v) is 17.4. The molecule has 1 aliphatic heterocycles. The van der Waals surface area contributed by atoms with Gasteiger partial charge in [-0.3, -0.25) is 9.59 Å². The van der Waals surface area contributed by atoms with Gasteiger partial charge in [0.05, 0.1) is 6.54 Å². The Hall–Kier alpha value is -2.45. The lowest BCUT2D eigenvalue weighted by molar-refractivity contribution is -0.120. The van der Waals surface area contributed by atoms with Gasteiger partial charge in [0.1, 0.15) is 5.82 Å².